The van der Waals surface area contributed by atoms with E-state index >= 15 is 0 Å². The maximum absolute atomic E-state index is 10.8. The molecule has 0 bridgehead atoms. The van der Waals surface area contributed by atoms with Gasteiger partial charge in [-0.2, -0.15) is 0 Å². The molecule has 0 aliphatic rings. The van der Waals surface area contributed by atoms with Crippen LogP contribution in [0.15, 0.2) is 24.8 Å². The first-order chi connectivity index (χ1) is 9.70. The molecule has 0 aromatic heterocycles. The van der Waals surface area contributed by atoms with Crippen LogP contribution in [0.5, 0.6) is 0 Å². The number of carboxylic acid groups (broad SMARTS) is 1. The maximum atomic E-state index is 10.8. The molecular weight excluding hydrogens is 280 g/mol. The van der Waals surface area contributed by atoms with Gasteiger partial charge in [-0.05, 0) is 13.8 Å². The average Bonchev–Trinajstić information content (AvgIpc) is 2.33. The van der Waals surface area contributed by atoms with Crippen molar-refractivity contribution in [1.82, 2.24) is 0 Å². The van der Waals surface area contributed by atoms with Crippen LogP contribution in [0.25, 0.3) is 0 Å². The standard InChI is InChI=1S/C10H14O5.C4H6O2/c1-7(2)10(13)15-5-4-14-9(12)6-8(3)11;1-2-3-4(5)6/h1,4-6H2,2-3H3;2H,1,3H2,(H,5,6). The Morgan fingerprint density at radius 1 is 1.10 bits per heavy atom. The highest BCUT2D eigenvalue weighted by Crippen LogP contribution is 1.93. The largest absolute Gasteiger partial charge is 0.481 e. The van der Waals surface area contributed by atoms with Crippen LogP contribution in [-0.2, 0) is 28.7 Å². The summed E-state index contributed by atoms with van der Waals surface area (Å²) < 4.78 is 9.27. The molecule has 0 saturated heterocycles. The lowest BCUT2D eigenvalue weighted by molar-refractivity contribution is -0.151. The number of ketones is 1. The van der Waals surface area contributed by atoms with Gasteiger partial charge >= 0.3 is 17.9 Å². The number of rotatable bonds is 8. The van der Waals surface area contributed by atoms with E-state index in [1.807, 2.05) is 0 Å². The number of carbonyl (C=O) groups excluding carboxylic acids is 3. The molecule has 0 aromatic rings. The Bertz CT molecular complexity index is 410. The second kappa shape index (κ2) is 12.6. The summed E-state index contributed by atoms with van der Waals surface area (Å²) in [4.78, 5) is 41.7. The number of ether oxygens (including phenoxy) is 2. The third-order valence-electron chi connectivity index (χ3n) is 1.64. The van der Waals surface area contributed by atoms with Crippen molar-refractivity contribution in [3.63, 3.8) is 0 Å². The van der Waals surface area contributed by atoms with E-state index in [4.69, 9.17) is 5.11 Å². The summed E-state index contributed by atoms with van der Waals surface area (Å²) in [6, 6.07) is 0. The number of carboxylic acids is 1. The predicted octanol–water partition coefficient (Wildman–Crippen LogP) is 1.28. The summed E-state index contributed by atoms with van der Waals surface area (Å²) in [5, 5.41) is 7.84. The monoisotopic (exact) mass is 300 g/mol. The quantitative estimate of drug-likeness (QED) is 0.236. The van der Waals surface area contributed by atoms with Crippen LogP contribution < -0.4 is 0 Å². The second-order valence-electron chi connectivity index (χ2n) is 3.90. The molecule has 1 N–H and O–H groups in total. The van der Waals surface area contributed by atoms with Gasteiger partial charge in [0.25, 0.3) is 0 Å². The number of carbonyl (C=O) groups is 4. The Morgan fingerprint density at radius 2 is 1.62 bits per heavy atom. The molecule has 0 atom stereocenters. The first-order valence-corrected chi connectivity index (χ1v) is 6.01. The molecule has 0 aliphatic carbocycles. The third kappa shape index (κ3) is 17.6. The Kier molecular flexibility index (Phi) is 12.5. The van der Waals surface area contributed by atoms with Crippen LogP contribution in [0.3, 0.4) is 0 Å². The van der Waals surface area contributed by atoms with Crippen molar-refractivity contribution >= 4 is 23.7 Å². The van der Waals surface area contributed by atoms with Crippen molar-refractivity contribution in [2.45, 2.75) is 26.7 Å². The number of esters is 2. The zero-order valence-corrected chi connectivity index (χ0v) is 12.2. The number of hydrogen-bond acceptors (Lipinski definition) is 6. The summed E-state index contributed by atoms with van der Waals surface area (Å²) in [5.74, 6) is -2.24. The lowest BCUT2D eigenvalue weighted by Crippen LogP contribution is -2.15. The second-order valence-corrected chi connectivity index (χ2v) is 3.90. The van der Waals surface area contributed by atoms with E-state index in [0.29, 0.717) is 0 Å². The summed E-state index contributed by atoms with van der Waals surface area (Å²) in [7, 11) is 0. The summed E-state index contributed by atoms with van der Waals surface area (Å²) >= 11 is 0. The van der Waals surface area contributed by atoms with E-state index in [2.05, 4.69) is 22.6 Å². The zero-order chi connectivity index (χ0) is 16.8. The van der Waals surface area contributed by atoms with Gasteiger partial charge in [-0.25, -0.2) is 4.79 Å². The van der Waals surface area contributed by atoms with Crippen molar-refractivity contribution in [1.29, 1.82) is 0 Å². The first-order valence-electron chi connectivity index (χ1n) is 6.01. The normalized spacial score (nSPS) is 8.67. The lowest BCUT2D eigenvalue weighted by Gasteiger charge is -2.05. The lowest BCUT2D eigenvalue weighted by atomic mass is 10.3. The highest BCUT2D eigenvalue weighted by atomic mass is 16.6. The molecular formula is C14H20O7. The van der Waals surface area contributed by atoms with Crippen LogP contribution >= 0.6 is 0 Å². The van der Waals surface area contributed by atoms with Crippen molar-refractivity contribution < 1.29 is 33.8 Å². The highest BCUT2D eigenvalue weighted by molar-refractivity contribution is 5.94. The van der Waals surface area contributed by atoms with E-state index < -0.39 is 17.9 Å². The van der Waals surface area contributed by atoms with Gasteiger partial charge in [0, 0.05) is 5.57 Å². The molecule has 118 valence electrons. The third-order valence-corrected chi connectivity index (χ3v) is 1.64. The molecule has 0 saturated carbocycles. The van der Waals surface area contributed by atoms with Gasteiger partial charge in [0.2, 0.25) is 0 Å². The molecule has 0 unspecified atom stereocenters. The molecule has 0 spiro atoms. The summed E-state index contributed by atoms with van der Waals surface area (Å²) in [6.45, 7) is 9.33. The fourth-order valence-electron chi connectivity index (χ4n) is 0.791. The van der Waals surface area contributed by atoms with Gasteiger partial charge in [0.05, 0.1) is 6.42 Å². The summed E-state index contributed by atoms with van der Waals surface area (Å²) in [6.07, 6.45) is 1.15. The molecule has 0 amide bonds. The van der Waals surface area contributed by atoms with E-state index in [0.717, 1.165) is 0 Å². The van der Waals surface area contributed by atoms with Crippen LogP contribution in [-0.4, -0.2) is 42.0 Å². The van der Waals surface area contributed by atoms with Crippen molar-refractivity contribution in [2.75, 3.05) is 13.2 Å². The molecule has 0 aliphatic heterocycles. The Labute approximate surface area is 123 Å². The number of Topliss-reactive ketones (excluding diaryl/α,β-unsaturated/α-hetero) is 1. The molecule has 0 aromatic carbocycles. The van der Waals surface area contributed by atoms with Gasteiger partial charge in [0.15, 0.2) is 0 Å². The first kappa shape index (κ1) is 20.9. The minimum atomic E-state index is -0.829. The van der Waals surface area contributed by atoms with Gasteiger partial charge < -0.3 is 14.6 Å². The van der Waals surface area contributed by atoms with Crippen molar-refractivity contribution in [2.24, 2.45) is 0 Å². The van der Waals surface area contributed by atoms with E-state index in [-0.39, 0.29) is 37.4 Å². The highest BCUT2D eigenvalue weighted by Gasteiger charge is 2.07. The Hall–Kier alpha value is -2.44. The minimum Gasteiger partial charge on any atom is -0.481 e. The topological polar surface area (TPSA) is 107 Å². The Morgan fingerprint density at radius 3 is 1.95 bits per heavy atom. The van der Waals surface area contributed by atoms with Crippen LogP contribution in [0.2, 0.25) is 0 Å². The van der Waals surface area contributed by atoms with Crippen LogP contribution in [0.1, 0.15) is 26.7 Å². The predicted molar refractivity (Wildman–Crippen MR) is 74.5 cm³/mol. The number of aliphatic carboxylic acids is 1. The molecule has 0 heterocycles. The maximum Gasteiger partial charge on any atom is 0.333 e. The smallest absolute Gasteiger partial charge is 0.333 e. The minimum absolute atomic E-state index is 0.0324. The SMILES string of the molecule is C=C(C)C(=O)OCCOC(=O)CC(C)=O.C=CCC(=O)O. The van der Waals surface area contributed by atoms with Gasteiger partial charge in [-0.15, -0.1) is 6.58 Å². The molecule has 7 heteroatoms. The molecule has 0 rings (SSSR count). The van der Waals surface area contributed by atoms with Gasteiger partial charge in [0.1, 0.15) is 25.4 Å². The molecule has 0 radical (unpaired) electrons. The van der Waals surface area contributed by atoms with Crippen molar-refractivity contribution in [3.8, 4) is 0 Å². The fourth-order valence-corrected chi connectivity index (χ4v) is 0.791. The van der Waals surface area contributed by atoms with Crippen LogP contribution in [0.4, 0.5) is 0 Å². The van der Waals surface area contributed by atoms with Gasteiger partial charge in [-0.1, -0.05) is 12.7 Å². The molecule has 0 fully saturated rings. The van der Waals surface area contributed by atoms with E-state index in [1.165, 1.54) is 19.9 Å². The number of hydrogen-bond donors (Lipinski definition) is 1. The zero-order valence-electron chi connectivity index (χ0n) is 12.2. The summed E-state index contributed by atoms with van der Waals surface area (Å²) in [5.41, 5.74) is 0.282. The van der Waals surface area contributed by atoms with Crippen molar-refractivity contribution in [3.05, 3.63) is 24.8 Å². The van der Waals surface area contributed by atoms with Crippen LogP contribution in [0, 0.1) is 0 Å². The van der Waals surface area contributed by atoms with Gasteiger partial charge in [-0.3, -0.25) is 14.4 Å². The average molecular weight is 300 g/mol. The molecule has 7 nitrogen and oxygen atoms in total. The van der Waals surface area contributed by atoms with E-state index in [1.54, 1.807) is 0 Å². The molecule has 21 heavy (non-hydrogen) atoms. The fraction of sp³-hybridized carbons (Fsp3) is 0.429. The Balaban J connectivity index is 0. The van der Waals surface area contributed by atoms with E-state index in [9.17, 15) is 19.2 Å².